The molecule has 5 rings (SSSR count). The van der Waals surface area contributed by atoms with Gasteiger partial charge in [0.1, 0.15) is 5.84 Å². The molecule has 130 valence electrons. The Morgan fingerprint density at radius 2 is 2.00 bits per heavy atom. The van der Waals surface area contributed by atoms with Crippen molar-refractivity contribution in [2.45, 2.75) is 18.9 Å². The van der Waals surface area contributed by atoms with Crippen molar-refractivity contribution in [3.05, 3.63) is 59.8 Å². The molecule has 1 aromatic heterocycles. The van der Waals surface area contributed by atoms with Gasteiger partial charge in [0, 0.05) is 43.0 Å². The van der Waals surface area contributed by atoms with Gasteiger partial charge in [0.15, 0.2) is 5.60 Å². The minimum Gasteiger partial charge on any atom is -0.374 e. The lowest BCUT2D eigenvalue weighted by atomic mass is 9.87. The summed E-state index contributed by atoms with van der Waals surface area (Å²) in [6.07, 6.45) is 2.37. The number of amidine groups is 1. The van der Waals surface area contributed by atoms with Crippen molar-refractivity contribution in [2.75, 3.05) is 11.4 Å². The van der Waals surface area contributed by atoms with Crippen molar-refractivity contribution < 1.29 is 9.90 Å². The molecule has 1 fully saturated rings. The summed E-state index contributed by atoms with van der Waals surface area (Å²) in [4.78, 5) is 19.7. The van der Waals surface area contributed by atoms with E-state index in [1.807, 2.05) is 49.3 Å². The van der Waals surface area contributed by atoms with Gasteiger partial charge in [-0.05, 0) is 42.6 Å². The molecule has 0 unspecified atom stereocenters. The highest BCUT2D eigenvalue weighted by atomic mass is 16.3. The van der Waals surface area contributed by atoms with Gasteiger partial charge in [-0.15, -0.1) is 0 Å². The van der Waals surface area contributed by atoms with E-state index in [2.05, 4.69) is 27.8 Å². The van der Waals surface area contributed by atoms with Crippen LogP contribution in [0.15, 0.2) is 53.7 Å². The summed E-state index contributed by atoms with van der Waals surface area (Å²) in [5.41, 5.74) is 2.64. The molecule has 0 spiro atoms. The standard InChI is InChI=1S/C21H19N3O2/c1-13-3-6-17-16(11-13)19(25)21(26)8-10-24(20(21)22-17)15-5-4-14-7-9-23(2)18(14)12-15/h3-7,9,11-12,26H,8,10H2,1-2H3/t21-/m1/s1. The van der Waals surface area contributed by atoms with Gasteiger partial charge in [0.25, 0.3) is 0 Å². The smallest absolute Gasteiger partial charge is 0.204 e. The summed E-state index contributed by atoms with van der Waals surface area (Å²) in [5, 5.41) is 12.3. The monoisotopic (exact) mass is 345 g/mol. The molecule has 1 atom stereocenters. The van der Waals surface area contributed by atoms with E-state index >= 15 is 0 Å². The van der Waals surface area contributed by atoms with Crippen molar-refractivity contribution >= 4 is 33.9 Å². The molecular formula is C21H19N3O2. The van der Waals surface area contributed by atoms with Gasteiger partial charge in [-0.25, -0.2) is 4.99 Å². The summed E-state index contributed by atoms with van der Waals surface area (Å²) in [5.74, 6) is 0.191. The van der Waals surface area contributed by atoms with Crippen molar-refractivity contribution in [1.29, 1.82) is 0 Å². The molecule has 1 saturated heterocycles. The zero-order valence-electron chi connectivity index (χ0n) is 14.7. The number of carbonyl (C=O) groups excluding carboxylic acids is 1. The largest absolute Gasteiger partial charge is 0.374 e. The molecule has 2 aromatic carbocycles. The summed E-state index contributed by atoms with van der Waals surface area (Å²) in [6.45, 7) is 2.50. The van der Waals surface area contributed by atoms with Crippen LogP contribution in [-0.2, 0) is 7.05 Å². The van der Waals surface area contributed by atoms with Crippen LogP contribution in [0.2, 0.25) is 0 Å². The van der Waals surface area contributed by atoms with Gasteiger partial charge in [-0.1, -0.05) is 17.7 Å². The molecule has 5 nitrogen and oxygen atoms in total. The lowest BCUT2D eigenvalue weighted by Crippen LogP contribution is -2.48. The van der Waals surface area contributed by atoms with Crippen molar-refractivity contribution in [3.8, 4) is 0 Å². The van der Waals surface area contributed by atoms with Crippen molar-refractivity contribution in [2.24, 2.45) is 12.0 Å². The fourth-order valence-corrected chi connectivity index (χ4v) is 4.02. The second-order valence-corrected chi connectivity index (χ2v) is 7.22. The van der Waals surface area contributed by atoms with Crippen LogP contribution in [0, 0.1) is 6.92 Å². The van der Waals surface area contributed by atoms with Crippen LogP contribution in [0.4, 0.5) is 11.4 Å². The predicted octanol–water partition coefficient (Wildman–Crippen LogP) is 3.35. The van der Waals surface area contributed by atoms with E-state index in [4.69, 9.17) is 0 Å². The Bertz CT molecular complexity index is 1110. The van der Waals surface area contributed by atoms with E-state index in [0.29, 0.717) is 30.1 Å². The molecule has 3 aromatic rings. The number of rotatable bonds is 1. The van der Waals surface area contributed by atoms with Crippen LogP contribution >= 0.6 is 0 Å². The highest BCUT2D eigenvalue weighted by Crippen LogP contribution is 2.40. The highest BCUT2D eigenvalue weighted by Gasteiger charge is 2.52. The Hall–Kier alpha value is -2.92. The van der Waals surface area contributed by atoms with Gasteiger partial charge in [-0.2, -0.15) is 0 Å². The molecule has 26 heavy (non-hydrogen) atoms. The third-order valence-corrected chi connectivity index (χ3v) is 5.50. The lowest BCUT2D eigenvalue weighted by molar-refractivity contribution is 0.0602. The first-order chi connectivity index (χ1) is 12.5. The summed E-state index contributed by atoms with van der Waals surface area (Å²) >= 11 is 0. The highest BCUT2D eigenvalue weighted by molar-refractivity contribution is 6.28. The molecule has 5 heteroatoms. The number of fused-ring (bicyclic) bond motifs is 3. The number of aliphatic imine (C=N–C) groups is 1. The van der Waals surface area contributed by atoms with Crippen LogP contribution in [0.25, 0.3) is 10.9 Å². The van der Waals surface area contributed by atoms with Crippen LogP contribution in [0.5, 0.6) is 0 Å². The first-order valence-electron chi connectivity index (χ1n) is 8.77. The molecule has 0 saturated carbocycles. The average Bonchev–Trinajstić information content (AvgIpc) is 3.17. The number of carbonyl (C=O) groups is 1. The Labute approximate surface area is 151 Å². The second kappa shape index (κ2) is 5.05. The zero-order valence-corrected chi connectivity index (χ0v) is 14.7. The number of ketones is 1. The summed E-state index contributed by atoms with van der Waals surface area (Å²) < 4.78 is 2.06. The maximum absolute atomic E-state index is 13.0. The third-order valence-electron chi connectivity index (χ3n) is 5.50. The molecule has 0 bridgehead atoms. The number of hydrogen-bond donors (Lipinski definition) is 1. The Morgan fingerprint density at radius 3 is 2.85 bits per heavy atom. The van der Waals surface area contributed by atoms with E-state index in [9.17, 15) is 9.90 Å². The van der Waals surface area contributed by atoms with Crippen molar-refractivity contribution in [3.63, 3.8) is 0 Å². The molecule has 2 aliphatic rings. The fourth-order valence-electron chi connectivity index (χ4n) is 4.02. The zero-order chi connectivity index (χ0) is 18.1. The number of anilines is 1. The number of hydrogen-bond acceptors (Lipinski definition) is 4. The van der Waals surface area contributed by atoms with Gasteiger partial charge in [0.05, 0.1) is 5.69 Å². The van der Waals surface area contributed by atoms with E-state index in [1.165, 1.54) is 0 Å². The summed E-state index contributed by atoms with van der Waals surface area (Å²) in [6, 6.07) is 13.8. The maximum Gasteiger partial charge on any atom is 0.204 e. The van der Waals surface area contributed by atoms with Gasteiger partial charge in [-0.3, -0.25) is 4.79 Å². The molecule has 0 amide bonds. The Balaban J connectivity index is 1.67. The van der Waals surface area contributed by atoms with E-state index in [0.717, 1.165) is 22.2 Å². The third kappa shape index (κ3) is 1.95. The van der Waals surface area contributed by atoms with Crippen LogP contribution < -0.4 is 4.90 Å². The van der Waals surface area contributed by atoms with Gasteiger partial charge >= 0.3 is 0 Å². The lowest BCUT2D eigenvalue weighted by Gasteiger charge is -2.30. The number of aryl methyl sites for hydroxylation is 2. The average molecular weight is 345 g/mol. The van der Waals surface area contributed by atoms with Crippen molar-refractivity contribution in [1.82, 2.24) is 4.57 Å². The molecular weight excluding hydrogens is 326 g/mol. The molecule has 2 aliphatic heterocycles. The van der Waals surface area contributed by atoms with E-state index < -0.39 is 5.60 Å². The fraction of sp³-hybridized carbons (Fsp3) is 0.238. The number of aromatic nitrogens is 1. The van der Waals surface area contributed by atoms with Crippen LogP contribution in [-0.4, -0.2) is 33.4 Å². The van der Waals surface area contributed by atoms with Gasteiger partial charge < -0.3 is 14.6 Å². The Kier molecular flexibility index (Phi) is 2.98. The van der Waals surface area contributed by atoms with Gasteiger partial charge in [0.2, 0.25) is 5.78 Å². The maximum atomic E-state index is 13.0. The molecule has 3 heterocycles. The number of aliphatic hydroxyl groups is 1. The number of nitrogens with zero attached hydrogens (tertiary/aromatic N) is 3. The summed E-state index contributed by atoms with van der Waals surface area (Å²) in [7, 11) is 2.01. The molecule has 0 radical (unpaired) electrons. The van der Waals surface area contributed by atoms with Crippen LogP contribution in [0.1, 0.15) is 22.3 Å². The van der Waals surface area contributed by atoms with E-state index in [1.54, 1.807) is 0 Å². The molecule has 0 aliphatic carbocycles. The molecule has 1 N–H and O–H groups in total. The quantitative estimate of drug-likeness (QED) is 0.736. The normalized spacial score (nSPS) is 21.7. The minimum absolute atomic E-state index is 0.247. The second-order valence-electron chi connectivity index (χ2n) is 7.22. The number of benzene rings is 2. The predicted molar refractivity (Wildman–Crippen MR) is 102 cm³/mol. The topological polar surface area (TPSA) is 57.8 Å². The minimum atomic E-state index is -1.54. The number of Topliss-reactive ketones (excluding diaryl/α,β-unsaturated/α-hetero) is 1. The Morgan fingerprint density at radius 1 is 1.15 bits per heavy atom. The van der Waals surface area contributed by atoms with Crippen LogP contribution in [0.3, 0.4) is 0 Å². The first kappa shape index (κ1) is 15.3. The SMILES string of the molecule is Cc1ccc2c(c1)C(=O)[C@]1(O)CCN(c3ccc4ccn(C)c4c3)C1=N2. The van der Waals surface area contributed by atoms with E-state index in [-0.39, 0.29) is 5.78 Å². The first-order valence-corrected chi connectivity index (χ1v) is 8.77.